The number of likely N-dealkylation sites (tertiary alicyclic amines) is 2. The van der Waals surface area contributed by atoms with Crippen molar-refractivity contribution in [3.05, 3.63) is 63.9 Å². The monoisotopic (exact) mass is 589 g/mol. The van der Waals surface area contributed by atoms with E-state index in [4.69, 9.17) is 27.9 Å². The quantitative estimate of drug-likeness (QED) is 0.415. The van der Waals surface area contributed by atoms with Crippen LogP contribution in [0, 0.1) is 17.2 Å². The van der Waals surface area contributed by atoms with E-state index < -0.39 is 11.9 Å². The predicted molar refractivity (Wildman–Crippen MR) is 151 cm³/mol. The fraction of sp³-hybridized carbons (Fsp3) is 0.500. The zero-order valence-corrected chi connectivity index (χ0v) is 24.3. The van der Waals surface area contributed by atoms with Crippen molar-refractivity contribution in [1.82, 2.24) is 14.7 Å². The zero-order chi connectivity index (χ0) is 28.6. The van der Waals surface area contributed by atoms with Gasteiger partial charge in [0.25, 0.3) is 0 Å². The average molecular weight is 591 g/mol. The largest absolute Gasteiger partial charge is 0.415 e. The first-order valence-corrected chi connectivity index (χ1v) is 14.6. The second-order valence-corrected chi connectivity index (χ2v) is 12.1. The molecule has 0 spiro atoms. The fourth-order valence-electron chi connectivity index (χ4n) is 5.88. The van der Waals surface area contributed by atoms with E-state index in [-0.39, 0.29) is 40.9 Å². The first-order valence-electron chi connectivity index (χ1n) is 13.9. The molecule has 40 heavy (non-hydrogen) atoms. The topological polar surface area (TPSA) is 70.2 Å². The molecule has 0 radical (unpaired) electrons. The molecule has 0 bridgehead atoms. The molecule has 0 N–H and O–H groups in total. The number of carbonyl (C=O) groups is 3. The first kappa shape index (κ1) is 28.7. The van der Waals surface area contributed by atoms with E-state index in [9.17, 15) is 18.8 Å². The van der Waals surface area contributed by atoms with E-state index in [1.807, 2.05) is 29.7 Å². The third-order valence-corrected chi connectivity index (χ3v) is 9.35. The van der Waals surface area contributed by atoms with Crippen LogP contribution >= 0.6 is 23.2 Å². The highest BCUT2D eigenvalue weighted by molar-refractivity contribution is 6.42. The molecular weight excluding hydrogens is 556 g/mol. The van der Waals surface area contributed by atoms with Crippen LogP contribution in [0.25, 0.3) is 0 Å². The molecule has 0 aromatic heterocycles. The van der Waals surface area contributed by atoms with Crippen molar-refractivity contribution in [2.24, 2.45) is 11.3 Å². The van der Waals surface area contributed by atoms with Crippen molar-refractivity contribution in [3.63, 3.8) is 0 Å². The van der Waals surface area contributed by atoms with Crippen LogP contribution in [0.4, 0.5) is 9.18 Å². The molecule has 1 unspecified atom stereocenters. The lowest BCUT2D eigenvalue weighted by Crippen LogP contribution is -2.47. The summed E-state index contributed by atoms with van der Waals surface area (Å²) in [6, 6.07) is 10.3. The van der Waals surface area contributed by atoms with Gasteiger partial charge >= 0.3 is 6.09 Å². The minimum absolute atomic E-state index is 0.0419. The Morgan fingerprint density at radius 1 is 1.00 bits per heavy atom. The van der Waals surface area contributed by atoms with Crippen molar-refractivity contribution < 1.29 is 23.5 Å². The van der Waals surface area contributed by atoms with Gasteiger partial charge in [-0.05, 0) is 74.6 Å². The number of rotatable bonds is 6. The molecule has 2 aromatic carbocycles. The van der Waals surface area contributed by atoms with Crippen LogP contribution in [0.5, 0.6) is 5.75 Å². The predicted octanol–water partition coefficient (Wildman–Crippen LogP) is 5.99. The Morgan fingerprint density at radius 2 is 1.68 bits per heavy atom. The van der Waals surface area contributed by atoms with Crippen LogP contribution in [0.1, 0.15) is 51.0 Å². The lowest BCUT2D eigenvalue weighted by Gasteiger charge is -2.35. The lowest BCUT2D eigenvalue weighted by molar-refractivity contribution is -0.142. The van der Waals surface area contributed by atoms with Crippen molar-refractivity contribution in [2.75, 3.05) is 32.7 Å². The summed E-state index contributed by atoms with van der Waals surface area (Å²) in [5, 5.41) is 0.832. The van der Waals surface area contributed by atoms with Gasteiger partial charge < -0.3 is 19.4 Å². The number of benzene rings is 2. The molecule has 10 heteroatoms. The summed E-state index contributed by atoms with van der Waals surface area (Å²) in [7, 11) is 0. The SMILES string of the molecule is CCN(C(=O)Oc1ccc(F)cc1)[C@@H]1CN(C(=O)C2CCN(C(=O)C3(C)CC3)CC2)CC1c1ccc(Cl)c(Cl)c1. The van der Waals surface area contributed by atoms with Gasteiger partial charge in [-0.1, -0.05) is 36.2 Å². The molecular formula is C30H34Cl2FN3O4. The lowest BCUT2D eigenvalue weighted by atomic mass is 9.93. The van der Waals surface area contributed by atoms with Crippen LogP contribution in [0.2, 0.25) is 10.0 Å². The number of piperidine rings is 1. The maximum absolute atomic E-state index is 13.7. The molecule has 3 fully saturated rings. The molecule has 2 aliphatic heterocycles. The van der Waals surface area contributed by atoms with Gasteiger partial charge in [0.2, 0.25) is 11.8 Å². The summed E-state index contributed by atoms with van der Waals surface area (Å²) < 4.78 is 18.9. The average Bonchev–Trinajstić information content (AvgIpc) is 3.56. The van der Waals surface area contributed by atoms with E-state index in [0.717, 1.165) is 18.4 Å². The molecule has 2 aromatic rings. The van der Waals surface area contributed by atoms with Gasteiger partial charge in [-0.15, -0.1) is 0 Å². The van der Waals surface area contributed by atoms with Gasteiger partial charge in [-0.2, -0.15) is 0 Å². The Labute approximate surface area is 244 Å². The Kier molecular flexibility index (Phi) is 8.30. The second-order valence-electron chi connectivity index (χ2n) is 11.3. The Bertz CT molecular complexity index is 1280. The van der Waals surface area contributed by atoms with E-state index in [1.165, 1.54) is 24.3 Å². The number of likely N-dealkylation sites (N-methyl/N-ethyl adjacent to an activating group) is 1. The number of hydrogen-bond donors (Lipinski definition) is 0. The Hall–Kier alpha value is -2.84. The minimum atomic E-state index is -0.571. The molecule has 214 valence electrons. The third-order valence-electron chi connectivity index (χ3n) is 8.61. The Morgan fingerprint density at radius 3 is 2.27 bits per heavy atom. The van der Waals surface area contributed by atoms with Crippen LogP contribution in [0.3, 0.4) is 0 Å². The number of carbonyl (C=O) groups excluding carboxylic acids is 3. The van der Waals surface area contributed by atoms with E-state index in [2.05, 4.69) is 0 Å². The molecule has 1 saturated carbocycles. The summed E-state index contributed by atoms with van der Waals surface area (Å²) in [4.78, 5) is 45.2. The standard InChI is InChI=1S/C30H34Cl2FN3O4/c1-3-36(29(39)40-22-7-5-21(33)6-8-22)26-18-35(17-23(26)20-4-9-24(31)25(32)16-20)27(37)19-10-14-34(15-11-19)28(38)30(2)12-13-30/h4-9,16,19,23,26H,3,10-15,17-18H2,1-2H3/t23?,26-/m1/s1. The van der Waals surface area contributed by atoms with Crippen LogP contribution in [0.15, 0.2) is 42.5 Å². The van der Waals surface area contributed by atoms with Gasteiger partial charge in [0, 0.05) is 50.0 Å². The van der Waals surface area contributed by atoms with Gasteiger partial charge in [-0.3, -0.25) is 9.59 Å². The minimum Gasteiger partial charge on any atom is -0.410 e. The van der Waals surface area contributed by atoms with E-state index in [0.29, 0.717) is 55.6 Å². The van der Waals surface area contributed by atoms with Crippen molar-refractivity contribution >= 4 is 41.1 Å². The van der Waals surface area contributed by atoms with E-state index >= 15 is 0 Å². The molecule has 2 atom stereocenters. The highest BCUT2D eigenvalue weighted by Crippen LogP contribution is 2.47. The molecule has 2 heterocycles. The van der Waals surface area contributed by atoms with Crippen molar-refractivity contribution in [3.8, 4) is 5.75 Å². The number of ether oxygens (including phenoxy) is 1. The molecule has 7 nitrogen and oxygen atoms in total. The highest BCUT2D eigenvalue weighted by Gasteiger charge is 2.48. The maximum Gasteiger partial charge on any atom is 0.415 e. The first-order chi connectivity index (χ1) is 19.1. The highest BCUT2D eigenvalue weighted by atomic mass is 35.5. The van der Waals surface area contributed by atoms with E-state index in [1.54, 1.807) is 17.0 Å². The van der Waals surface area contributed by atoms with Gasteiger partial charge in [0.1, 0.15) is 11.6 Å². The maximum atomic E-state index is 13.7. The van der Waals surface area contributed by atoms with Crippen molar-refractivity contribution in [1.29, 1.82) is 0 Å². The summed E-state index contributed by atoms with van der Waals surface area (Å²) in [6.45, 7) is 6.15. The summed E-state index contributed by atoms with van der Waals surface area (Å²) in [5.74, 6) is -0.323. The van der Waals surface area contributed by atoms with Gasteiger partial charge in [-0.25, -0.2) is 9.18 Å². The molecule has 1 aliphatic carbocycles. The number of hydrogen-bond acceptors (Lipinski definition) is 4. The molecule has 3 amide bonds. The smallest absolute Gasteiger partial charge is 0.410 e. The van der Waals surface area contributed by atoms with Crippen LogP contribution in [-0.4, -0.2) is 71.4 Å². The second kappa shape index (κ2) is 11.6. The molecule has 5 rings (SSSR count). The van der Waals surface area contributed by atoms with Crippen molar-refractivity contribution in [2.45, 2.75) is 51.5 Å². The van der Waals surface area contributed by atoms with Gasteiger partial charge in [0.15, 0.2) is 0 Å². The third kappa shape index (κ3) is 5.93. The Balaban J connectivity index is 1.32. The number of amides is 3. The van der Waals surface area contributed by atoms with Gasteiger partial charge in [0.05, 0.1) is 16.1 Å². The molecule has 2 saturated heterocycles. The number of nitrogens with zero attached hydrogens (tertiary/aromatic N) is 3. The molecule has 3 aliphatic rings. The summed E-state index contributed by atoms with van der Waals surface area (Å²) in [6.07, 6.45) is 2.56. The zero-order valence-electron chi connectivity index (χ0n) is 22.7. The summed E-state index contributed by atoms with van der Waals surface area (Å²) >= 11 is 12.5. The van der Waals surface area contributed by atoms with Crippen LogP contribution < -0.4 is 4.74 Å². The normalized spacial score (nSPS) is 22.2. The fourth-order valence-corrected chi connectivity index (χ4v) is 6.19. The summed E-state index contributed by atoms with van der Waals surface area (Å²) in [5.41, 5.74) is 0.666. The number of halogens is 3. The van der Waals surface area contributed by atoms with Crippen LogP contribution in [-0.2, 0) is 9.59 Å².